The van der Waals surface area contributed by atoms with Crippen molar-refractivity contribution in [3.05, 3.63) is 53.6 Å². The van der Waals surface area contributed by atoms with Gasteiger partial charge in [-0.3, -0.25) is 4.79 Å². The molecule has 1 N–H and O–H groups in total. The molecule has 7 nitrogen and oxygen atoms in total. The number of alkyl halides is 3. The number of hydrazone groups is 2. The van der Waals surface area contributed by atoms with E-state index in [0.717, 1.165) is 22.8 Å². The molecule has 1 aliphatic rings. The highest BCUT2D eigenvalue weighted by Crippen LogP contribution is 2.38. The Kier molecular flexibility index (Phi) is 7.01. The Hall–Kier alpha value is -3.56. The summed E-state index contributed by atoms with van der Waals surface area (Å²) in [6, 6.07) is 9.75. The minimum atomic E-state index is -4.42. The van der Waals surface area contributed by atoms with E-state index in [-0.39, 0.29) is 12.3 Å². The van der Waals surface area contributed by atoms with Gasteiger partial charge in [0, 0.05) is 36.4 Å². The first-order chi connectivity index (χ1) is 15.2. The van der Waals surface area contributed by atoms with E-state index in [4.69, 9.17) is 14.6 Å². The van der Waals surface area contributed by atoms with Gasteiger partial charge in [-0.25, -0.2) is 0 Å². The smallest absolute Gasteiger partial charge is 0.416 e. The summed E-state index contributed by atoms with van der Waals surface area (Å²) in [5.74, 6) is 0.145. The van der Waals surface area contributed by atoms with Crippen molar-refractivity contribution >= 4 is 24.1 Å². The van der Waals surface area contributed by atoms with Gasteiger partial charge in [0.1, 0.15) is 11.5 Å². The molecule has 10 heteroatoms. The molecule has 0 saturated carbocycles. The standard InChI is InChI=1S/C22H22F3N3O4/c1-14(27-28(26-2)17-5-3-16(4-6-17)22(23,24)25)9-10-31-18-7-8-19-15(11-21(29)30)13-32-20(19)12-18/h3-8,12,15H,2,9-11,13H2,1H3,(H,29,30)/b27-14-. The molecule has 0 aliphatic carbocycles. The van der Waals surface area contributed by atoms with Crippen molar-refractivity contribution in [1.82, 2.24) is 0 Å². The molecule has 0 spiro atoms. The lowest BCUT2D eigenvalue weighted by atomic mass is 9.98. The van der Waals surface area contributed by atoms with E-state index in [2.05, 4.69) is 16.9 Å². The second-order valence-corrected chi connectivity index (χ2v) is 7.21. The lowest BCUT2D eigenvalue weighted by Gasteiger charge is -2.15. The monoisotopic (exact) mass is 449 g/mol. The quantitative estimate of drug-likeness (QED) is 0.434. The van der Waals surface area contributed by atoms with E-state index >= 15 is 0 Å². The Labute approximate surface area is 182 Å². The summed E-state index contributed by atoms with van der Waals surface area (Å²) < 4.78 is 49.4. The molecule has 32 heavy (non-hydrogen) atoms. The van der Waals surface area contributed by atoms with Crippen molar-refractivity contribution in [2.24, 2.45) is 10.2 Å². The van der Waals surface area contributed by atoms with Crippen LogP contribution in [0.3, 0.4) is 0 Å². The van der Waals surface area contributed by atoms with Crippen molar-refractivity contribution in [2.75, 3.05) is 18.3 Å². The summed E-state index contributed by atoms with van der Waals surface area (Å²) in [6.45, 7) is 5.78. The maximum atomic E-state index is 12.7. The van der Waals surface area contributed by atoms with Gasteiger partial charge in [0.05, 0.1) is 30.9 Å². The van der Waals surface area contributed by atoms with Gasteiger partial charge in [0.15, 0.2) is 0 Å². The number of fused-ring (bicyclic) bond motifs is 1. The van der Waals surface area contributed by atoms with E-state index in [0.29, 0.717) is 42.5 Å². The Morgan fingerprint density at radius 2 is 2.00 bits per heavy atom. The molecule has 0 radical (unpaired) electrons. The maximum Gasteiger partial charge on any atom is 0.416 e. The zero-order valence-electron chi connectivity index (χ0n) is 17.3. The summed E-state index contributed by atoms with van der Waals surface area (Å²) in [5, 5.41) is 18.1. The zero-order chi connectivity index (χ0) is 23.3. The molecule has 0 saturated heterocycles. The molecule has 0 bridgehead atoms. The fourth-order valence-electron chi connectivity index (χ4n) is 3.21. The average molecular weight is 449 g/mol. The number of carbonyl (C=O) groups is 1. The van der Waals surface area contributed by atoms with Gasteiger partial charge in [0.2, 0.25) is 0 Å². The Balaban J connectivity index is 1.56. The first kappa shape index (κ1) is 23.1. The number of ether oxygens (including phenoxy) is 2. The molecular weight excluding hydrogens is 427 g/mol. The van der Waals surface area contributed by atoms with E-state index in [9.17, 15) is 18.0 Å². The molecule has 1 heterocycles. The van der Waals surface area contributed by atoms with Gasteiger partial charge < -0.3 is 14.6 Å². The number of carboxylic acid groups (broad SMARTS) is 1. The SMILES string of the molecule is C=NN(/N=C(/C)CCOc1ccc2c(c1)OCC2CC(=O)O)c1ccc(C(F)(F)F)cc1. The van der Waals surface area contributed by atoms with Crippen molar-refractivity contribution in [1.29, 1.82) is 0 Å². The molecule has 2 aromatic rings. The Morgan fingerprint density at radius 3 is 2.62 bits per heavy atom. The number of hydrogen-bond acceptors (Lipinski definition) is 6. The number of nitrogens with zero attached hydrogens (tertiary/aromatic N) is 3. The second-order valence-electron chi connectivity index (χ2n) is 7.21. The number of aliphatic carboxylic acids is 1. The molecule has 1 aliphatic heterocycles. The third-order valence-corrected chi connectivity index (χ3v) is 4.84. The highest BCUT2D eigenvalue weighted by molar-refractivity contribution is 5.83. The van der Waals surface area contributed by atoms with Crippen LogP contribution >= 0.6 is 0 Å². The van der Waals surface area contributed by atoms with E-state index in [1.807, 2.05) is 0 Å². The lowest BCUT2D eigenvalue weighted by Crippen LogP contribution is -2.13. The summed E-state index contributed by atoms with van der Waals surface area (Å²) >= 11 is 0. The third kappa shape index (κ3) is 5.77. The number of halogens is 3. The number of anilines is 1. The number of hydrogen-bond donors (Lipinski definition) is 1. The van der Waals surface area contributed by atoms with Crippen molar-refractivity contribution in [2.45, 2.75) is 31.9 Å². The summed E-state index contributed by atoms with van der Waals surface area (Å²) in [5.41, 5.74) is 1.07. The molecule has 0 aromatic heterocycles. The molecule has 0 amide bonds. The fourth-order valence-corrected chi connectivity index (χ4v) is 3.21. The maximum absolute atomic E-state index is 12.7. The van der Waals surface area contributed by atoms with Crippen LogP contribution in [0.25, 0.3) is 0 Å². The minimum absolute atomic E-state index is 0.00956. The van der Waals surface area contributed by atoms with E-state index < -0.39 is 17.7 Å². The zero-order valence-corrected chi connectivity index (χ0v) is 17.3. The first-order valence-corrected chi connectivity index (χ1v) is 9.77. The molecule has 3 rings (SSSR count). The van der Waals surface area contributed by atoms with Crippen LogP contribution < -0.4 is 14.6 Å². The van der Waals surface area contributed by atoms with Crippen molar-refractivity contribution < 1.29 is 32.5 Å². The van der Waals surface area contributed by atoms with Crippen LogP contribution in [-0.2, 0) is 11.0 Å². The van der Waals surface area contributed by atoms with Crippen molar-refractivity contribution in [3.8, 4) is 11.5 Å². The van der Waals surface area contributed by atoms with Gasteiger partial charge in [-0.15, -0.1) is 0 Å². The average Bonchev–Trinajstić information content (AvgIpc) is 3.13. The highest BCUT2D eigenvalue weighted by Gasteiger charge is 2.30. The number of benzene rings is 2. The lowest BCUT2D eigenvalue weighted by molar-refractivity contribution is -0.138. The highest BCUT2D eigenvalue weighted by atomic mass is 19.4. The minimum Gasteiger partial charge on any atom is -0.493 e. The molecule has 0 fully saturated rings. The van der Waals surface area contributed by atoms with Gasteiger partial charge >= 0.3 is 12.1 Å². The molecule has 170 valence electrons. The van der Waals surface area contributed by atoms with Gasteiger partial charge in [-0.2, -0.15) is 28.5 Å². The van der Waals surface area contributed by atoms with Gasteiger partial charge in [-0.05, 0) is 37.3 Å². The van der Waals surface area contributed by atoms with Crippen LogP contribution in [0.5, 0.6) is 11.5 Å². The predicted octanol–water partition coefficient (Wildman–Crippen LogP) is 4.92. The van der Waals surface area contributed by atoms with Crippen LogP contribution in [-0.4, -0.2) is 36.7 Å². The Bertz CT molecular complexity index is 1010. The van der Waals surface area contributed by atoms with Gasteiger partial charge in [0.25, 0.3) is 0 Å². The normalized spacial score (nSPS) is 15.6. The Morgan fingerprint density at radius 1 is 1.28 bits per heavy atom. The van der Waals surface area contributed by atoms with E-state index in [1.54, 1.807) is 25.1 Å². The molecule has 1 unspecified atom stereocenters. The molecule has 1 atom stereocenters. The first-order valence-electron chi connectivity index (χ1n) is 9.77. The van der Waals surface area contributed by atoms with E-state index in [1.165, 1.54) is 12.1 Å². The largest absolute Gasteiger partial charge is 0.493 e. The second kappa shape index (κ2) is 9.71. The van der Waals surface area contributed by atoms with Gasteiger partial charge in [-0.1, -0.05) is 6.07 Å². The number of carboxylic acids is 1. The summed E-state index contributed by atoms with van der Waals surface area (Å²) in [7, 11) is 0. The molecule has 2 aromatic carbocycles. The summed E-state index contributed by atoms with van der Waals surface area (Å²) in [6.07, 6.45) is -3.97. The van der Waals surface area contributed by atoms with Crippen LogP contribution in [0.4, 0.5) is 18.9 Å². The fraction of sp³-hybridized carbons (Fsp3) is 0.318. The van der Waals surface area contributed by atoms with Crippen molar-refractivity contribution in [3.63, 3.8) is 0 Å². The number of rotatable bonds is 9. The van der Waals surface area contributed by atoms with Crippen LogP contribution in [0.1, 0.15) is 36.8 Å². The summed E-state index contributed by atoms with van der Waals surface area (Å²) in [4.78, 5) is 10.9. The molecular formula is C22H22F3N3O4. The van der Waals surface area contributed by atoms with Crippen LogP contribution in [0.15, 0.2) is 52.7 Å². The van der Waals surface area contributed by atoms with Crippen LogP contribution in [0, 0.1) is 0 Å². The van der Waals surface area contributed by atoms with Crippen LogP contribution in [0.2, 0.25) is 0 Å². The predicted molar refractivity (Wildman–Crippen MR) is 114 cm³/mol. The topological polar surface area (TPSA) is 83.7 Å². The third-order valence-electron chi connectivity index (χ3n) is 4.84.